The Kier molecular flexibility index (Phi) is 47.5. The molecule has 0 amide bonds. The minimum absolute atomic E-state index is 0. The molecule has 0 atom stereocenters. The Balaban J connectivity index is -0.000000949. The number of carboxylic acid groups (broad SMARTS) is 1. The molecule has 0 aliphatic heterocycles. The van der Waals surface area contributed by atoms with Gasteiger partial charge in [0.1, 0.15) is 16.5 Å². The number of ketones is 1. The molecule has 0 saturated heterocycles. The van der Waals surface area contributed by atoms with Gasteiger partial charge in [-0.15, -0.1) is 5.10 Å². The summed E-state index contributed by atoms with van der Waals surface area (Å²) in [5, 5.41) is 28.1. The first-order chi connectivity index (χ1) is 39.9. The van der Waals surface area contributed by atoms with Crippen LogP contribution in [-0.2, 0) is 28.7 Å². The quantitative estimate of drug-likeness (QED) is 0.00521. The molecule has 15 N–H and O–H groups in total. The summed E-state index contributed by atoms with van der Waals surface area (Å²) >= 11 is 47.3. The van der Waals surface area contributed by atoms with Crippen LogP contribution in [0.25, 0.3) is 28.8 Å². The van der Waals surface area contributed by atoms with Gasteiger partial charge in [0.05, 0.1) is 12.3 Å². The number of aromatic carboxylic acids is 1. The Hall–Kier alpha value is -3.69. The van der Waals surface area contributed by atoms with E-state index in [0.717, 1.165) is 0 Å². The zero-order valence-electron chi connectivity index (χ0n) is 45.6. The first kappa shape index (κ1) is 87.5. The van der Waals surface area contributed by atoms with E-state index in [9.17, 15) is 33.6 Å². The van der Waals surface area contributed by atoms with Crippen LogP contribution < -0.4 is 63.5 Å². The smallest absolute Gasteiger partial charge is 0.488 e. The van der Waals surface area contributed by atoms with Crippen molar-refractivity contribution in [2.24, 2.45) is 23.2 Å². The molecule has 43 heteroatoms. The average molecular weight is 1750 g/mol. The maximum absolute atomic E-state index is 11.6. The van der Waals surface area contributed by atoms with Crippen molar-refractivity contribution in [3.8, 4) is 23.2 Å². The summed E-state index contributed by atoms with van der Waals surface area (Å²) in [5.41, 5.74) is 13.1. The number of aromatic nitrogens is 6. The molecule has 7 aromatic heterocycles. The number of carboxylic acids is 1. The number of thioether (sulfide) groups is 1. The molecular formula is C44H49Br6Cl3N13NaO16S4. The van der Waals surface area contributed by atoms with Crippen LogP contribution in [0.3, 0.4) is 0 Å². The molecule has 0 aromatic carbocycles. The van der Waals surface area contributed by atoms with E-state index in [1.54, 1.807) is 42.5 Å². The number of halogens is 9. The Bertz CT molecular complexity index is 3250. The van der Waals surface area contributed by atoms with Crippen LogP contribution >= 0.6 is 179 Å². The topological polar surface area (TPSA) is 472 Å². The maximum atomic E-state index is 11.6. The van der Waals surface area contributed by atoms with Gasteiger partial charge in [0.15, 0.2) is 68.3 Å². The number of nitrogens with one attached hydrogen (secondary N) is 5. The number of hydrogen-bond acceptors (Lipinski definition) is 24. The van der Waals surface area contributed by atoms with E-state index in [2.05, 4.69) is 195 Å². The second-order valence-electron chi connectivity index (χ2n) is 16.0. The molecule has 474 valence electrons. The number of ether oxygens (including phenoxy) is 2. The first-order valence-electron chi connectivity index (χ1n) is 22.0. The van der Waals surface area contributed by atoms with Crippen LogP contribution in [0.2, 0.25) is 0 Å². The van der Waals surface area contributed by atoms with E-state index in [0.29, 0.717) is 56.4 Å². The monoisotopic (exact) mass is 1740 g/mol. The molecule has 0 saturated carbocycles. The van der Waals surface area contributed by atoms with Gasteiger partial charge in [-0.05, 0) is 253 Å². The van der Waals surface area contributed by atoms with E-state index in [1.807, 2.05) is 52.6 Å². The second-order valence-corrected chi connectivity index (χ2v) is 23.7. The summed E-state index contributed by atoms with van der Waals surface area (Å²) in [6.07, 6.45) is 0. The van der Waals surface area contributed by atoms with Gasteiger partial charge in [-0.3, -0.25) is 44.1 Å². The number of alkyl halides is 1. The number of nitrogens with two attached hydrogens (primary N) is 4. The number of Topliss-reactive ketones (excluding diaryl/α,β-unsaturated/α-hetero) is 1. The Labute approximate surface area is 601 Å². The number of thiocarbonyl (C=S) groups is 2. The number of aromatic amines is 3. The van der Waals surface area contributed by atoms with Crippen molar-refractivity contribution in [2.75, 3.05) is 17.6 Å². The number of hydrogen-bond donors (Lipinski definition) is 11. The van der Waals surface area contributed by atoms with Crippen LogP contribution in [0.5, 0.6) is 0 Å². The van der Waals surface area contributed by atoms with Crippen molar-refractivity contribution in [3.05, 3.63) is 112 Å². The van der Waals surface area contributed by atoms with Gasteiger partial charge >= 0.3 is 58.0 Å². The van der Waals surface area contributed by atoms with Crippen molar-refractivity contribution in [2.45, 2.75) is 57.9 Å². The number of furan rings is 5. The zero-order valence-corrected chi connectivity index (χ0v) is 62.7. The summed E-state index contributed by atoms with van der Waals surface area (Å²) in [6.45, 7) is 11.1. The summed E-state index contributed by atoms with van der Waals surface area (Å²) < 4.78 is 38.3. The van der Waals surface area contributed by atoms with Crippen molar-refractivity contribution >= 4 is 228 Å². The molecule has 7 rings (SSSR count). The van der Waals surface area contributed by atoms with E-state index < -0.39 is 27.3 Å². The predicted octanol–water partition coefficient (Wildman–Crippen LogP) is 8.53. The normalized spacial score (nSPS) is 9.77. The van der Waals surface area contributed by atoms with Crippen LogP contribution in [0.4, 0.5) is 0 Å². The minimum Gasteiger partial charge on any atom is -0.488 e. The van der Waals surface area contributed by atoms with Gasteiger partial charge in [-0.2, -0.15) is 9.97 Å². The summed E-state index contributed by atoms with van der Waals surface area (Å²) in [4.78, 5) is 80.9. The fourth-order valence-electron chi connectivity index (χ4n) is 4.12. The third-order valence-electron chi connectivity index (χ3n) is 6.97. The van der Waals surface area contributed by atoms with E-state index >= 15 is 0 Å². The van der Waals surface area contributed by atoms with Crippen LogP contribution in [0.1, 0.15) is 73.2 Å². The fourth-order valence-corrected chi connectivity index (χ4v) is 6.66. The zero-order chi connectivity index (χ0) is 66.5. The van der Waals surface area contributed by atoms with E-state index in [1.165, 1.54) is 30.0 Å². The number of carbonyl (C=O) groups excluding carboxylic acids is 6. The summed E-state index contributed by atoms with van der Waals surface area (Å²) in [6, 6.07) is 16.4. The molecule has 0 unspecified atom stereocenters. The maximum Gasteiger partial charge on any atom is 1.00 e. The predicted molar refractivity (Wildman–Crippen MR) is 348 cm³/mol. The van der Waals surface area contributed by atoms with Gasteiger partial charge in [0.2, 0.25) is 21.5 Å². The van der Waals surface area contributed by atoms with Crippen LogP contribution in [-0.4, -0.2) is 119 Å². The second kappa shape index (κ2) is 47.3. The molecule has 0 aliphatic carbocycles. The van der Waals surface area contributed by atoms with Gasteiger partial charge in [-0.1, -0.05) is 27.7 Å². The standard InChI is InChI=1S/C12H14BrN3O3S.C7H7BrN2O2S.C6H4BrN3OS.C6H11BrO2.C5H2BrClO2.C5H3BrO3.C2Cl2O2.CH5N3S.H3N2O.Na/c1-12(2,3)19-9(17)6-20-11-14-10(15-16-11)7-4-5-8(13)18-7;8-6-2-1-5(12-6)4(11)3-10-7(9)13;7-4-2-1-3(11-4)5-8-6(12)10-9-5;1-6(2,3)9-5(8)4-7;2*6-4-2-1-3(9-4)5(7)8;3-1(5)2(4)6;2-1(5)4-3;1-2-3;/h4-5H,6H2,1-3H3,(H,14,15,16);1-2H,3H2,(H3,9,10,13);1-2H,(H2,8,9,10,12);4H2,1-3H3;1-2H;1-2H,(H,7,8);;3H2,(H3,2,4,5);3H,1H2;/q;;;;;;;;-1;+1. The SMILES string of the molecule is CC(C)(C)OC(=O)CBr.CC(C)(C)OC(=O)CSc1n[nH]c(-c2ccc(Br)o2)n1.NC(=S)NCC(=O)c1ccc(Br)o1.NNC(N)=S.N[N-]O.O=C(Cl)C(=O)Cl.O=C(Cl)c1ccc(Br)o1.O=C(O)c1ccc(Br)o1.S=c1nc(-c2ccc(Br)o2)[nH][nH]1.[Na+]. The molecule has 0 bridgehead atoms. The molecule has 0 spiro atoms. The van der Waals surface area contributed by atoms with Gasteiger partial charge in [-0.25, -0.2) is 10.6 Å². The largest absolute Gasteiger partial charge is 1.00 e. The number of hydrazine groups is 1. The third-order valence-corrected chi connectivity index (χ3v) is 11.5. The molecule has 0 aliphatic rings. The molecular weight excluding hydrogens is 1700 g/mol. The number of carbonyl (C=O) groups is 7. The molecule has 7 aromatic rings. The van der Waals surface area contributed by atoms with Crippen molar-refractivity contribution in [1.29, 1.82) is 0 Å². The van der Waals surface area contributed by atoms with E-state index in [4.69, 9.17) is 72.7 Å². The van der Waals surface area contributed by atoms with Crippen LogP contribution in [0, 0.1) is 4.77 Å². The van der Waals surface area contributed by atoms with E-state index in [-0.39, 0.29) is 98.0 Å². The fraction of sp³-hybridized carbons (Fsp3) is 0.250. The third kappa shape index (κ3) is 46.1. The summed E-state index contributed by atoms with van der Waals surface area (Å²) in [5.74, 6) is 9.80. The average Bonchev–Trinajstić information content (AvgIpc) is 4.21. The number of nitrogens with zero attached hydrogens (tertiary/aromatic N) is 4. The van der Waals surface area contributed by atoms with Crippen molar-refractivity contribution < 1.29 is 105 Å². The van der Waals surface area contributed by atoms with Gasteiger partial charge in [0.25, 0.3) is 5.24 Å². The Morgan fingerprint density at radius 1 is 0.678 bits per heavy atom. The number of esters is 2. The minimum atomic E-state index is -1.14. The van der Waals surface area contributed by atoms with Crippen molar-refractivity contribution in [3.63, 3.8) is 0 Å². The number of H-pyrrole nitrogens is 3. The Morgan fingerprint density at radius 2 is 1.08 bits per heavy atom. The summed E-state index contributed by atoms with van der Waals surface area (Å²) in [7, 11) is 0. The van der Waals surface area contributed by atoms with Gasteiger partial charge in [0, 0.05) is 0 Å². The van der Waals surface area contributed by atoms with Crippen molar-refractivity contribution in [1.82, 2.24) is 41.1 Å². The molecule has 7 heterocycles. The Morgan fingerprint density at radius 3 is 1.37 bits per heavy atom. The van der Waals surface area contributed by atoms with Gasteiger partial charge < -0.3 is 75.5 Å². The molecule has 29 nitrogen and oxygen atoms in total. The molecule has 0 radical (unpaired) electrons. The molecule has 87 heavy (non-hydrogen) atoms. The van der Waals surface area contributed by atoms with Crippen LogP contribution in [0.15, 0.2) is 111 Å². The number of rotatable bonds is 12. The first-order valence-corrected chi connectivity index (χ1v) is 30.5. The molecule has 0 fully saturated rings.